The number of nitrogens with one attached hydrogen (secondary N) is 2. The number of aryl methyl sites for hydroxylation is 2. The lowest BCUT2D eigenvalue weighted by Gasteiger charge is -2.26. The molecule has 0 radical (unpaired) electrons. The maximum absolute atomic E-state index is 12.4. The maximum atomic E-state index is 12.4. The second-order valence-electron chi connectivity index (χ2n) is 5.29. The lowest BCUT2D eigenvalue weighted by molar-refractivity contribution is -0.131. The Hall–Kier alpha value is -2.44. The summed E-state index contributed by atoms with van der Waals surface area (Å²) in [6, 6.07) is 0. The Morgan fingerprint density at radius 2 is 2.24 bits per heavy atom. The van der Waals surface area contributed by atoms with Gasteiger partial charge in [0.05, 0.1) is 30.7 Å². The van der Waals surface area contributed by atoms with E-state index in [-0.39, 0.29) is 17.9 Å². The number of carbonyl (C=O) groups is 1. The van der Waals surface area contributed by atoms with E-state index in [4.69, 9.17) is 0 Å². The second-order valence-corrected chi connectivity index (χ2v) is 5.29. The van der Waals surface area contributed by atoms with E-state index in [0.29, 0.717) is 30.2 Å². The molecule has 0 atom stereocenters. The van der Waals surface area contributed by atoms with E-state index in [1.54, 1.807) is 25.1 Å². The van der Waals surface area contributed by atoms with Gasteiger partial charge in [-0.1, -0.05) is 0 Å². The van der Waals surface area contributed by atoms with Crippen LogP contribution in [0, 0.1) is 13.8 Å². The molecule has 7 heteroatoms. The molecule has 110 valence electrons. The fourth-order valence-corrected chi connectivity index (χ4v) is 2.65. The van der Waals surface area contributed by atoms with Crippen LogP contribution in [0.2, 0.25) is 0 Å². The number of rotatable bonds is 2. The first kappa shape index (κ1) is 13.5. The Morgan fingerprint density at radius 1 is 1.43 bits per heavy atom. The van der Waals surface area contributed by atoms with Crippen LogP contribution in [-0.4, -0.2) is 37.3 Å². The number of hydrogen-bond acceptors (Lipinski definition) is 4. The zero-order valence-corrected chi connectivity index (χ0v) is 12.1. The van der Waals surface area contributed by atoms with E-state index in [1.165, 1.54) is 0 Å². The van der Waals surface area contributed by atoms with Crippen LogP contribution in [0.3, 0.4) is 0 Å². The van der Waals surface area contributed by atoms with Gasteiger partial charge in [0.25, 0.3) is 5.56 Å². The standard InChI is InChI=1S/C14H17N5O2/c1-8-10(14(21)18-9(2)17-8)5-13(20)19-4-3-11-12(6-19)16-7-15-11/h7H,3-6H2,1-2H3,(H,15,16)(H,17,18,21). The van der Waals surface area contributed by atoms with Crippen LogP contribution in [0.1, 0.15) is 28.5 Å². The van der Waals surface area contributed by atoms with Crippen LogP contribution >= 0.6 is 0 Å². The van der Waals surface area contributed by atoms with Crippen LogP contribution in [0.4, 0.5) is 0 Å². The van der Waals surface area contributed by atoms with E-state index < -0.39 is 0 Å². The highest BCUT2D eigenvalue weighted by molar-refractivity contribution is 5.79. The van der Waals surface area contributed by atoms with Gasteiger partial charge in [0.15, 0.2) is 0 Å². The molecule has 0 aromatic carbocycles. The Balaban J connectivity index is 1.78. The summed E-state index contributed by atoms with van der Waals surface area (Å²) in [5, 5.41) is 0. The summed E-state index contributed by atoms with van der Waals surface area (Å²) in [4.78, 5) is 40.2. The van der Waals surface area contributed by atoms with Gasteiger partial charge < -0.3 is 14.9 Å². The Labute approximate surface area is 121 Å². The van der Waals surface area contributed by atoms with Gasteiger partial charge in [-0.25, -0.2) is 9.97 Å². The summed E-state index contributed by atoms with van der Waals surface area (Å²) in [5.74, 6) is 0.503. The molecular formula is C14H17N5O2. The van der Waals surface area contributed by atoms with Crippen LogP contribution in [0.15, 0.2) is 11.1 Å². The number of carbonyl (C=O) groups excluding carboxylic acids is 1. The Bertz CT molecular complexity index is 746. The van der Waals surface area contributed by atoms with Crippen molar-refractivity contribution in [3.63, 3.8) is 0 Å². The molecule has 3 heterocycles. The number of aromatic amines is 2. The van der Waals surface area contributed by atoms with Gasteiger partial charge in [-0.3, -0.25) is 9.59 Å². The number of fused-ring (bicyclic) bond motifs is 1. The summed E-state index contributed by atoms with van der Waals surface area (Å²) in [5.41, 5.74) is 2.82. The van der Waals surface area contributed by atoms with E-state index in [0.717, 1.165) is 17.8 Å². The van der Waals surface area contributed by atoms with Crippen LogP contribution < -0.4 is 5.56 Å². The molecular weight excluding hydrogens is 270 g/mol. The largest absolute Gasteiger partial charge is 0.347 e. The second kappa shape index (κ2) is 5.16. The molecule has 0 bridgehead atoms. The normalized spacial score (nSPS) is 14.1. The molecule has 0 fully saturated rings. The first-order valence-corrected chi connectivity index (χ1v) is 6.90. The van der Waals surface area contributed by atoms with Crippen molar-refractivity contribution in [1.82, 2.24) is 24.8 Å². The van der Waals surface area contributed by atoms with Crippen molar-refractivity contribution >= 4 is 5.91 Å². The summed E-state index contributed by atoms with van der Waals surface area (Å²) >= 11 is 0. The maximum Gasteiger partial charge on any atom is 0.254 e. The first-order chi connectivity index (χ1) is 10.0. The van der Waals surface area contributed by atoms with E-state index in [2.05, 4.69) is 19.9 Å². The fourth-order valence-electron chi connectivity index (χ4n) is 2.65. The van der Waals surface area contributed by atoms with Gasteiger partial charge in [-0.15, -0.1) is 0 Å². The fraction of sp³-hybridized carbons (Fsp3) is 0.429. The van der Waals surface area contributed by atoms with Crippen molar-refractivity contribution in [1.29, 1.82) is 0 Å². The molecule has 0 spiro atoms. The minimum absolute atomic E-state index is 0.0606. The van der Waals surface area contributed by atoms with Crippen molar-refractivity contribution in [2.45, 2.75) is 33.2 Å². The summed E-state index contributed by atoms with van der Waals surface area (Å²) in [6.07, 6.45) is 2.47. The highest BCUT2D eigenvalue weighted by Crippen LogP contribution is 2.15. The molecule has 2 N–H and O–H groups in total. The third-order valence-electron chi connectivity index (χ3n) is 3.80. The third kappa shape index (κ3) is 2.58. The van der Waals surface area contributed by atoms with Gasteiger partial charge in [0.2, 0.25) is 5.91 Å². The van der Waals surface area contributed by atoms with Gasteiger partial charge in [-0.2, -0.15) is 0 Å². The number of hydrogen-bond donors (Lipinski definition) is 2. The lowest BCUT2D eigenvalue weighted by atomic mass is 10.1. The first-order valence-electron chi connectivity index (χ1n) is 6.90. The molecule has 21 heavy (non-hydrogen) atoms. The van der Waals surface area contributed by atoms with Gasteiger partial charge >= 0.3 is 0 Å². The molecule has 2 aromatic rings. The Morgan fingerprint density at radius 3 is 3.00 bits per heavy atom. The molecule has 1 aliphatic heterocycles. The predicted molar refractivity (Wildman–Crippen MR) is 75.7 cm³/mol. The molecule has 3 rings (SSSR count). The average Bonchev–Trinajstić information content (AvgIpc) is 2.89. The summed E-state index contributed by atoms with van der Waals surface area (Å²) in [7, 11) is 0. The molecule has 0 saturated heterocycles. The molecule has 1 amide bonds. The van der Waals surface area contributed by atoms with E-state index in [9.17, 15) is 9.59 Å². The van der Waals surface area contributed by atoms with Crippen molar-refractivity contribution in [2.75, 3.05) is 6.54 Å². The Kier molecular flexibility index (Phi) is 3.32. The highest BCUT2D eigenvalue weighted by Gasteiger charge is 2.23. The van der Waals surface area contributed by atoms with Gasteiger partial charge in [0.1, 0.15) is 5.82 Å². The number of imidazole rings is 1. The minimum atomic E-state index is -0.229. The number of H-pyrrole nitrogens is 2. The van der Waals surface area contributed by atoms with Crippen LogP contribution in [0.5, 0.6) is 0 Å². The number of nitrogens with zero attached hydrogens (tertiary/aromatic N) is 3. The van der Waals surface area contributed by atoms with Crippen LogP contribution in [-0.2, 0) is 24.2 Å². The van der Waals surface area contributed by atoms with Crippen molar-refractivity contribution in [3.05, 3.63) is 45.2 Å². The van der Waals surface area contributed by atoms with E-state index in [1.807, 2.05) is 0 Å². The molecule has 0 saturated carbocycles. The molecule has 0 aliphatic carbocycles. The lowest BCUT2D eigenvalue weighted by Crippen LogP contribution is -2.38. The topological polar surface area (TPSA) is 94.7 Å². The van der Waals surface area contributed by atoms with Gasteiger partial charge in [0, 0.05) is 24.2 Å². The number of aromatic nitrogens is 4. The monoisotopic (exact) mass is 287 g/mol. The molecule has 2 aromatic heterocycles. The molecule has 0 unspecified atom stereocenters. The summed E-state index contributed by atoms with van der Waals surface area (Å²) in [6.45, 7) is 4.63. The third-order valence-corrected chi connectivity index (χ3v) is 3.80. The SMILES string of the molecule is Cc1nc(C)c(CC(=O)N2CCc3nc[nH]c3C2)c(=O)[nH]1. The average molecular weight is 287 g/mol. The number of amides is 1. The smallest absolute Gasteiger partial charge is 0.254 e. The van der Waals surface area contributed by atoms with Crippen molar-refractivity contribution in [2.24, 2.45) is 0 Å². The zero-order chi connectivity index (χ0) is 15.0. The van der Waals surface area contributed by atoms with Crippen molar-refractivity contribution in [3.8, 4) is 0 Å². The zero-order valence-electron chi connectivity index (χ0n) is 12.1. The molecule has 1 aliphatic rings. The van der Waals surface area contributed by atoms with Gasteiger partial charge in [-0.05, 0) is 13.8 Å². The van der Waals surface area contributed by atoms with Crippen molar-refractivity contribution < 1.29 is 4.79 Å². The summed E-state index contributed by atoms with van der Waals surface area (Å²) < 4.78 is 0. The van der Waals surface area contributed by atoms with Crippen LogP contribution in [0.25, 0.3) is 0 Å². The molecule has 7 nitrogen and oxygen atoms in total. The predicted octanol–water partition coefficient (Wildman–Crippen LogP) is 0.237. The highest BCUT2D eigenvalue weighted by atomic mass is 16.2. The van der Waals surface area contributed by atoms with E-state index >= 15 is 0 Å². The quantitative estimate of drug-likeness (QED) is 0.827. The minimum Gasteiger partial charge on any atom is -0.347 e.